The molecule has 2 N–H and O–H groups in total. The number of para-hydroxylation sites is 1. The van der Waals surface area contributed by atoms with E-state index in [1.54, 1.807) is 32.6 Å². The van der Waals surface area contributed by atoms with Crippen molar-refractivity contribution in [2.24, 2.45) is 4.99 Å². The highest BCUT2D eigenvalue weighted by Crippen LogP contribution is 2.30. The summed E-state index contributed by atoms with van der Waals surface area (Å²) >= 11 is 1.70. The van der Waals surface area contributed by atoms with Gasteiger partial charge in [0.05, 0.1) is 26.5 Å². The van der Waals surface area contributed by atoms with Crippen LogP contribution in [0.5, 0.6) is 11.5 Å². The highest BCUT2D eigenvalue weighted by Gasteiger charge is 2.10. The number of nitrogens with zero attached hydrogens (tertiary/aromatic N) is 2. The van der Waals surface area contributed by atoms with E-state index in [2.05, 4.69) is 27.5 Å². The van der Waals surface area contributed by atoms with E-state index >= 15 is 0 Å². The summed E-state index contributed by atoms with van der Waals surface area (Å²) in [6, 6.07) is 5.81. The number of hydrogen-bond donors (Lipinski definition) is 2. The Bertz CT molecular complexity index is 693. The fourth-order valence-corrected chi connectivity index (χ4v) is 3.14. The van der Waals surface area contributed by atoms with Gasteiger partial charge in [0.15, 0.2) is 17.5 Å². The van der Waals surface area contributed by atoms with E-state index in [1.807, 2.05) is 25.1 Å². The van der Waals surface area contributed by atoms with Crippen LogP contribution in [0.25, 0.3) is 0 Å². The van der Waals surface area contributed by atoms with Crippen molar-refractivity contribution in [3.63, 3.8) is 0 Å². The lowest BCUT2D eigenvalue weighted by Crippen LogP contribution is -2.36. The van der Waals surface area contributed by atoms with Gasteiger partial charge in [-0.1, -0.05) is 12.1 Å². The second kappa shape index (κ2) is 8.54. The van der Waals surface area contributed by atoms with Crippen molar-refractivity contribution in [3.8, 4) is 11.5 Å². The van der Waals surface area contributed by atoms with Gasteiger partial charge in [0.1, 0.15) is 5.01 Å². The Morgan fingerprint density at radius 1 is 1.17 bits per heavy atom. The van der Waals surface area contributed by atoms with Gasteiger partial charge in [0.2, 0.25) is 0 Å². The molecule has 0 radical (unpaired) electrons. The predicted molar refractivity (Wildman–Crippen MR) is 98.2 cm³/mol. The third-order valence-electron chi connectivity index (χ3n) is 3.63. The zero-order valence-electron chi connectivity index (χ0n) is 14.8. The van der Waals surface area contributed by atoms with E-state index in [1.165, 1.54) is 4.88 Å². The molecular weight excluding hydrogens is 324 g/mol. The molecule has 0 aliphatic rings. The van der Waals surface area contributed by atoms with Gasteiger partial charge in [-0.15, -0.1) is 11.3 Å². The summed E-state index contributed by atoms with van der Waals surface area (Å²) in [6.07, 6.45) is 0. The number of rotatable bonds is 6. The normalized spacial score (nSPS) is 11.3. The van der Waals surface area contributed by atoms with Gasteiger partial charge in [-0.25, -0.2) is 4.98 Å². The molecular formula is C17H24N4O2S. The number of guanidine groups is 1. The number of hydrogen-bond acceptors (Lipinski definition) is 5. The fourth-order valence-electron chi connectivity index (χ4n) is 2.27. The van der Waals surface area contributed by atoms with Gasteiger partial charge in [-0.05, 0) is 19.9 Å². The minimum Gasteiger partial charge on any atom is -0.493 e. The molecule has 0 aliphatic heterocycles. The summed E-state index contributed by atoms with van der Waals surface area (Å²) in [6.45, 7) is 5.33. The Kier molecular flexibility index (Phi) is 6.43. The van der Waals surface area contributed by atoms with Crippen molar-refractivity contribution in [2.45, 2.75) is 26.9 Å². The van der Waals surface area contributed by atoms with Gasteiger partial charge in [0.25, 0.3) is 0 Å². The van der Waals surface area contributed by atoms with Gasteiger partial charge >= 0.3 is 0 Å². The Balaban J connectivity index is 1.97. The number of nitrogens with one attached hydrogen (secondary N) is 2. The van der Waals surface area contributed by atoms with Gasteiger partial charge in [-0.3, -0.25) is 4.99 Å². The van der Waals surface area contributed by atoms with Crippen molar-refractivity contribution in [1.29, 1.82) is 0 Å². The van der Waals surface area contributed by atoms with Crippen LogP contribution < -0.4 is 20.1 Å². The largest absolute Gasteiger partial charge is 0.493 e. The van der Waals surface area contributed by atoms with E-state index in [4.69, 9.17) is 9.47 Å². The molecule has 0 saturated carbocycles. The fraction of sp³-hybridized carbons (Fsp3) is 0.412. The lowest BCUT2D eigenvalue weighted by molar-refractivity contribution is 0.351. The molecule has 2 aromatic rings. The van der Waals surface area contributed by atoms with Crippen molar-refractivity contribution in [1.82, 2.24) is 15.6 Å². The first-order chi connectivity index (χ1) is 11.6. The molecule has 0 unspecified atom stereocenters. The van der Waals surface area contributed by atoms with E-state index in [0.29, 0.717) is 24.8 Å². The monoisotopic (exact) mass is 348 g/mol. The van der Waals surface area contributed by atoms with Crippen LogP contribution in [0, 0.1) is 13.8 Å². The van der Waals surface area contributed by atoms with Gasteiger partial charge in [-0.2, -0.15) is 0 Å². The maximum absolute atomic E-state index is 5.44. The molecule has 0 spiro atoms. The molecule has 130 valence electrons. The number of aryl methyl sites for hydroxylation is 2. The smallest absolute Gasteiger partial charge is 0.191 e. The van der Waals surface area contributed by atoms with Crippen LogP contribution >= 0.6 is 11.3 Å². The molecule has 7 heteroatoms. The quantitative estimate of drug-likeness (QED) is 0.620. The van der Waals surface area contributed by atoms with Crippen LogP contribution in [0.2, 0.25) is 0 Å². The van der Waals surface area contributed by atoms with Crippen LogP contribution in [0.1, 0.15) is 21.1 Å². The van der Waals surface area contributed by atoms with Crippen LogP contribution in [-0.2, 0) is 13.1 Å². The molecule has 0 amide bonds. The SMILES string of the molecule is CN=C(NCc1nc(C)c(C)s1)NCc1cccc(OC)c1OC. The molecule has 0 fully saturated rings. The molecule has 2 rings (SSSR count). The highest BCUT2D eigenvalue weighted by molar-refractivity contribution is 7.11. The van der Waals surface area contributed by atoms with E-state index in [-0.39, 0.29) is 0 Å². The minimum absolute atomic E-state index is 0.579. The number of benzene rings is 1. The lowest BCUT2D eigenvalue weighted by atomic mass is 10.2. The molecule has 1 heterocycles. The Morgan fingerprint density at radius 2 is 1.92 bits per heavy atom. The van der Waals surface area contributed by atoms with Crippen LogP contribution in [0.4, 0.5) is 0 Å². The summed E-state index contributed by atoms with van der Waals surface area (Å²) in [5, 5.41) is 7.61. The van der Waals surface area contributed by atoms with Crippen molar-refractivity contribution in [2.75, 3.05) is 21.3 Å². The van der Waals surface area contributed by atoms with Crippen LogP contribution in [-0.4, -0.2) is 32.2 Å². The average molecular weight is 348 g/mol. The Labute approximate surface area is 146 Å². The standard InChI is InChI=1S/C17H24N4O2S/c1-11-12(2)24-15(21-11)10-20-17(18-3)19-9-13-7-6-8-14(22-4)16(13)23-5/h6-8H,9-10H2,1-5H3,(H2,18,19,20). The first-order valence-corrected chi connectivity index (χ1v) is 8.48. The topological polar surface area (TPSA) is 67.8 Å². The average Bonchev–Trinajstić information content (AvgIpc) is 2.92. The maximum atomic E-state index is 5.44. The third-order valence-corrected chi connectivity index (χ3v) is 4.71. The van der Waals surface area contributed by atoms with E-state index in [9.17, 15) is 0 Å². The number of aliphatic imine (C=N–C) groups is 1. The highest BCUT2D eigenvalue weighted by atomic mass is 32.1. The summed E-state index contributed by atoms with van der Waals surface area (Å²) in [5.74, 6) is 2.16. The first kappa shape index (κ1) is 18.1. The number of thiazole rings is 1. The summed E-state index contributed by atoms with van der Waals surface area (Å²) in [7, 11) is 5.02. The first-order valence-electron chi connectivity index (χ1n) is 7.66. The Hall–Kier alpha value is -2.28. The molecule has 0 saturated heterocycles. The lowest BCUT2D eigenvalue weighted by Gasteiger charge is -2.15. The third kappa shape index (κ3) is 4.38. The number of aromatic nitrogens is 1. The van der Waals surface area contributed by atoms with Gasteiger partial charge < -0.3 is 20.1 Å². The van der Waals surface area contributed by atoms with Crippen molar-refractivity contribution in [3.05, 3.63) is 39.3 Å². The van der Waals surface area contributed by atoms with Crippen LogP contribution in [0.3, 0.4) is 0 Å². The van der Waals surface area contributed by atoms with E-state index < -0.39 is 0 Å². The van der Waals surface area contributed by atoms with E-state index in [0.717, 1.165) is 22.0 Å². The molecule has 1 aromatic heterocycles. The summed E-state index contributed by atoms with van der Waals surface area (Å²) < 4.78 is 10.8. The summed E-state index contributed by atoms with van der Waals surface area (Å²) in [5.41, 5.74) is 2.08. The minimum atomic E-state index is 0.579. The number of ether oxygens (including phenoxy) is 2. The molecule has 24 heavy (non-hydrogen) atoms. The predicted octanol–water partition coefficient (Wildman–Crippen LogP) is 2.64. The maximum Gasteiger partial charge on any atom is 0.191 e. The zero-order chi connectivity index (χ0) is 17.5. The zero-order valence-corrected chi connectivity index (χ0v) is 15.6. The van der Waals surface area contributed by atoms with Crippen LogP contribution in [0.15, 0.2) is 23.2 Å². The Morgan fingerprint density at radius 3 is 2.50 bits per heavy atom. The van der Waals surface area contributed by atoms with Crippen molar-refractivity contribution < 1.29 is 9.47 Å². The summed E-state index contributed by atoms with van der Waals surface area (Å²) in [4.78, 5) is 10.0. The second-order valence-electron chi connectivity index (χ2n) is 5.18. The molecule has 0 bridgehead atoms. The molecule has 1 aromatic carbocycles. The van der Waals surface area contributed by atoms with Crippen molar-refractivity contribution >= 4 is 17.3 Å². The van der Waals surface area contributed by atoms with Gasteiger partial charge in [0, 0.05) is 24.0 Å². The molecule has 0 aliphatic carbocycles. The number of methoxy groups -OCH3 is 2. The molecule has 6 nitrogen and oxygen atoms in total. The second-order valence-corrected chi connectivity index (χ2v) is 6.47. The molecule has 0 atom stereocenters.